The summed E-state index contributed by atoms with van der Waals surface area (Å²) in [5.41, 5.74) is 1.80. The molecule has 3 heterocycles. The number of carbonyl (C=O) groups excluding carboxylic acids is 1. The summed E-state index contributed by atoms with van der Waals surface area (Å²) in [6.45, 7) is 1.58. The van der Waals surface area contributed by atoms with Gasteiger partial charge < -0.3 is 9.42 Å². The number of hydrogen-bond acceptors (Lipinski definition) is 6. The van der Waals surface area contributed by atoms with Gasteiger partial charge in [-0.05, 0) is 30.7 Å². The van der Waals surface area contributed by atoms with Gasteiger partial charge in [-0.2, -0.15) is 4.98 Å². The molecule has 4 rings (SSSR count). The van der Waals surface area contributed by atoms with Crippen molar-refractivity contribution in [1.82, 2.24) is 25.0 Å². The number of aryl methyl sites for hydroxylation is 1. The third-order valence-corrected chi connectivity index (χ3v) is 5.07. The van der Waals surface area contributed by atoms with Gasteiger partial charge in [0.1, 0.15) is 5.69 Å². The summed E-state index contributed by atoms with van der Waals surface area (Å²) in [6, 6.07) is 10.1. The van der Waals surface area contributed by atoms with E-state index in [1.807, 2.05) is 23.1 Å². The molecule has 3 aromatic rings. The molecule has 0 N–H and O–H groups in total. The van der Waals surface area contributed by atoms with Crippen molar-refractivity contribution in [2.75, 3.05) is 13.1 Å². The van der Waals surface area contributed by atoms with Crippen molar-refractivity contribution in [2.45, 2.75) is 32.1 Å². The van der Waals surface area contributed by atoms with Crippen LogP contribution in [-0.2, 0) is 17.6 Å². The van der Waals surface area contributed by atoms with E-state index in [4.69, 9.17) is 4.52 Å². The number of carbonyl (C=O) groups is 1. The SMILES string of the molecule is O=C(CCc1ccccc1)N1CCCC(Cc2nc(-c3cnccn3)no2)C1. The fourth-order valence-electron chi connectivity index (χ4n) is 3.62. The molecule has 2 aromatic heterocycles. The fraction of sp³-hybridized carbons (Fsp3) is 0.381. The van der Waals surface area contributed by atoms with Gasteiger partial charge in [0, 0.05) is 38.3 Å². The molecule has 1 aromatic carbocycles. The van der Waals surface area contributed by atoms with Gasteiger partial charge in [0.05, 0.1) is 6.20 Å². The van der Waals surface area contributed by atoms with E-state index in [0.29, 0.717) is 36.2 Å². The van der Waals surface area contributed by atoms with Crippen LogP contribution in [0.25, 0.3) is 11.5 Å². The van der Waals surface area contributed by atoms with Crippen molar-refractivity contribution in [3.05, 3.63) is 60.4 Å². The molecular weight excluding hydrogens is 354 g/mol. The summed E-state index contributed by atoms with van der Waals surface area (Å²) in [7, 11) is 0. The summed E-state index contributed by atoms with van der Waals surface area (Å²) in [4.78, 5) is 27.3. The summed E-state index contributed by atoms with van der Waals surface area (Å²) in [6.07, 6.45) is 8.90. The Labute approximate surface area is 163 Å². The monoisotopic (exact) mass is 377 g/mol. The molecule has 7 heteroatoms. The van der Waals surface area contributed by atoms with Crippen LogP contribution >= 0.6 is 0 Å². The molecule has 1 amide bonds. The van der Waals surface area contributed by atoms with Crippen molar-refractivity contribution in [2.24, 2.45) is 5.92 Å². The number of benzene rings is 1. The van der Waals surface area contributed by atoms with Gasteiger partial charge >= 0.3 is 0 Å². The maximum Gasteiger partial charge on any atom is 0.227 e. The maximum absolute atomic E-state index is 12.6. The van der Waals surface area contributed by atoms with Crippen LogP contribution < -0.4 is 0 Å². The second-order valence-corrected chi connectivity index (χ2v) is 7.14. The molecule has 0 radical (unpaired) electrons. The van der Waals surface area contributed by atoms with E-state index in [1.54, 1.807) is 18.6 Å². The number of amides is 1. The Morgan fingerprint density at radius 3 is 2.93 bits per heavy atom. The summed E-state index contributed by atoms with van der Waals surface area (Å²) in [5, 5.41) is 4.00. The Morgan fingerprint density at radius 2 is 2.11 bits per heavy atom. The number of rotatable bonds is 6. The number of piperidine rings is 1. The lowest BCUT2D eigenvalue weighted by molar-refractivity contribution is -0.133. The zero-order chi connectivity index (χ0) is 19.2. The van der Waals surface area contributed by atoms with E-state index in [9.17, 15) is 4.79 Å². The molecule has 1 saturated heterocycles. The van der Waals surface area contributed by atoms with Crippen molar-refractivity contribution in [3.8, 4) is 11.5 Å². The Morgan fingerprint density at radius 1 is 1.21 bits per heavy atom. The van der Waals surface area contributed by atoms with Crippen molar-refractivity contribution < 1.29 is 9.32 Å². The van der Waals surface area contributed by atoms with Crippen LogP contribution in [0.15, 0.2) is 53.4 Å². The zero-order valence-electron chi connectivity index (χ0n) is 15.7. The fourth-order valence-corrected chi connectivity index (χ4v) is 3.62. The van der Waals surface area contributed by atoms with Crippen molar-refractivity contribution in [3.63, 3.8) is 0 Å². The van der Waals surface area contributed by atoms with Crippen LogP contribution in [0.1, 0.15) is 30.7 Å². The van der Waals surface area contributed by atoms with Crippen LogP contribution in [0.3, 0.4) is 0 Å². The zero-order valence-corrected chi connectivity index (χ0v) is 15.7. The highest BCUT2D eigenvalue weighted by Gasteiger charge is 2.25. The Kier molecular flexibility index (Phi) is 5.70. The number of hydrogen-bond donors (Lipinski definition) is 0. The predicted octanol–water partition coefficient (Wildman–Crippen LogP) is 2.94. The molecule has 1 unspecified atom stereocenters. The Balaban J connectivity index is 1.31. The lowest BCUT2D eigenvalue weighted by Crippen LogP contribution is -2.40. The van der Waals surface area contributed by atoms with E-state index in [2.05, 4.69) is 32.2 Å². The molecule has 7 nitrogen and oxygen atoms in total. The molecule has 0 aliphatic carbocycles. The number of aromatic nitrogens is 4. The van der Waals surface area contributed by atoms with Crippen LogP contribution in [0.2, 0.25) is 0 Å². The summed E-state index contributed by atoms with van der Waals surface area (Å²) in [5.74, 6) is 1.60. The average Bonchev–Trinajstić information content (AvgIpc) is 3.22. The Bertz CT molecular complexity index is 897. The third-order valence-electron chi connectivity index (χ3n) is 5.07. The van der Waals surface area contributed by atoms with Gasteiger partial charge in [0.2, 0.25) is 17.6 Å². The highest BCUT2D eigenvalue weighted by Crippen LogP contribution is 2.22. The largest absolute Gasteiger partial charge is 0.342 e. The molecule has 1 aliphatic rings. The highest BCUT2D eigenvalue weighted by molar-refractivity contribution is 5.76. The molecule has 1 atom stereocenters. The minimum atomic E-state index is 0.222. The molecular formula is C21H23N5O2. The lowest BCUT2D eigenvalue weighted by atomic mass is 9.94. The lowest BCUT2D eigenvalue weighted by Gasteiger charge is -2.32. The number of likely N-dealkylation sites (tertiary alicyclic amines) is 1. The van der Waals surface area contributed by atoms with E-state index >= 15 is 0 Å². The standard InChI is InChI=1S/C21H23N5O2/c27-20(9-8-16-5-2-1-3-6-16)26-12-4-7-17(15-26)13-19-24-21(25-28-19)18-14-22-10-11-23-18/h1-3,5-6,10-11,14,17H,4,7-9,12-13,15H2. The molecule has 28 heavy (non-hydrogen) atoms. The predicted molar refractivity (Wildman–Crippen MR) is 103 cm³/mol. The van der Waals surface area contributed by atoms with E-state index < -0.39 is 0 Å². The van der Waals surface area contributed by atoms with E-state index in [-0.39, 0.29) is 5.91 Å². The van der Waals surface area contributed by atoms with Crippen molar-refractivity contribution in [1.29, 1.82) is 0 Å². The first kappa shape index (κ1) is 18.3. The topological polar surface area (TPSA) is 85.0 Å². The van der Waals surface area contributed by atoms with Gasteiger partial charge in [-0.15, -0.1) is 0 Å². The second-order valence-electron chi connectivity index (χ2n) is 7.14. The second kappa shape index (κ2) is 8.73. The first-order valence-corrected chi connectivity index (χ1v) is 9.68. The first-order valence-electron chi connectivity index (χ1n) is 9.68. The van der Waals surface area contributed by atoms with Gasteiger partial charge in [-0.1, -0.05) is 35.5 Å². The summed E-state index contributed by atoms with van der Waals surface area (Å²) < 4.78 is 5.39. The highest BCUT2D eigenvalue weighted by atomic mass is 16.5. The van der Waals surface area contributed by atoms with Gasteiger partial charge in [-0.25, -0.2) is 4.98 Å². The molecule has 1 aliphatic heterocycles. The van der Waals surface area contributed by atoms with Crippen LogP contribution in [0, 0.1) is 5.92 Å². The minimum absolute atomic E-state index is 0.222. The smallest absolute Gasteiger partial charge is 0.227 e. The van der Waals surface area contributed by atoms with E-state index in [1.165, 1.54) is 5.56 Å². The van der Waals surface area contributed by atoms with Gasteiger partial charge in [0.15, 0.2) is 0 Å². The molecule has 144 valence electrons. The summed E-state index contributed by atoms with van der Waals surface area (Å²) >= 11 is 0. The van der Waals surface area contributed by atoms with Gasteiger partial charge in [-0.3, -0.25) is 9.78 Å². The molecule has 1 fully saturated rings. The quantitative estimate of drug-likeness (QED) is 0.657. The molecule has 0 saturated carbocycles. The normalized spacial score (nSPS) is 16.9. The molecule has 0 spiro atoms. The van der Waals surface area contributed by atoms with Crippen LogP contribution in [0.4, 0.5) is 0 Å². The Hall–Kier alpha value is -3.09. The maximum atomic E-state index is 12.6. The average molecular weight is 377 g/mol. The number of nitrogens with zero attached hydrogens (tertiary/aromatic N) is 5. The van der Waals surface area contributed by atoms with E-state index in [0.717, 1.165) is 32.4 Å². The van der Waals surface area contributed by atoms with Crippen LogP contribution in [0.5, 0.6) is 0 Å². The van der Waals surface area contributed by atoms with Gasteiger partial charge in [0.25, 0.3) is 0 Å². The van der Waals surface area contributed by atoms with Crippen molar-refractivity contribution >= 4 is 5.91 Å². The first-order chi connectivity index (χ1) is 13.8. The van der Waals surface area contributed by atoms with Crippen LogP contribution in [-0.4, -0.2) is 44.0 Å². The third kappa shape index (κ3) is 4.60. The minimum Gasteiger partial charge on any atom is -0.342 e. The molecule has 0 bridgehead atoms.